The number of anilines is 1. The van der Waals surface area contributed by atoms with E-state index in [9.17, 15) is 62.1 Å². The molecule has 1 aliphatic heterocycles. The molecule has 21 nitrogen and oxygen atoms in total. The van der Waals surface area contributed by atoms with Gasteiger partial charge in [-0.2, -0.15) is 33.7 Å². The van der Waals surface area contributed by atoms with Crippen LogP contribution >= 0.6 is 11.6 Å². The number of guanidine groups is 1. The first-order valence-corrected chi connectivity index (χ1v) is 18.6. The van der Waals surface area contributed by atoms with Gasteiger partial charge in [-0.3, -0.25) is 18.2 Å². The summed E-state index contributed by atoms with van der Waals surface area (Å²) in [5, 5.41) is 31.6. The fourth-order valence-electron chi connectivity index (χ4n) is 4.65. The zero-order chi connectivity index (χ0) is 36.4. The Balaban J connectivity index is 1.84. The van der Waals surface area contributed by atoms with Crippen molar-refractivity contribution in [1.82, 2.24) is 5.32 Å². The highest BCUT2D eigenvalue weighted by Gasteiger charge is 2.28. The molecule has 49 heavy (non-hydrogen) atoms. The molecule has 1 heterocycles. The molecule has 26 heteroatoms. The minimum atomic E-state index is -5.40. The number of rotatable bonds is 8. The Hall–Kier alpha value is -4.73. The van der Waals surface area contributed by atoms with Crippen molar-refractivity contribution < 1.29 is 62.1 Å². The van der Waals surface area contributed by atoms with Crippen molar-refractivity contribution in [3.05, 3.63) is 42.5 Å². The summed E-state index contributed by atoms with van der Waals surface area (Å²) in [6.45, 7) is 0. The van der Waals surface area contributed by atoms with Gasteiger partial charge < -0.3 is 26.6 Å². The van der Waals surface area contributed by atoms with Crippen LogP contribution in [-0.2, 0) is 40.5 Å². The van der Waals surface area contributed by atoms with Crippen molar-refractivity contribution in [2.45, 2.75) is 25.9 Å². The molecule has 0 amide bonds. The van der Waals surface area contributed by atoms with Gasteiger partial charge in [-0.1, -0.05) is 12.1 Å². The molecular weight excluding hydrogens is 762 g/mol. The SMILES string of the molecule is NC1=NC(Nc2cc(S(=O)(=O)O)cc3cc(S(=O)(=O)O)c(N=Nc4cc(S(=O)(=O)O)c5cccc(S(=O)(=O)O)c5c4O)c(O)c23)N=C(Cl)N1. The number of halogens is 1. The Morgan fingerprint density at radius 2 is 1.39 bits per heavy atom. The van der Waals surface area contributed by atoms with Crippen LogP contribution in [0.25, 0.3) is 21.5 Å². The number of benzene rings is 4. The van der Waals surface area contributed by atoms with Gasteiger partial charge in [0.15, 0.2) is 17.5 Å². The first kappa shape index (κ1) is 35.6. The summed E-state index contributed by atoms with van der Waals surface area (Å²) in [7, 11) is -20.8. The molecule has 260 valence electrons. The minimum absolute atomic E-state index is 0.267. The Morgan fingerprint density at radius 3 is 1.96 bits per heavy atom. The van der Waals surface area contributed by atoms with Crippen LogP contribution in [0.2, 0.25) is 0 Å². The van der Waals surface area contributed by atoms with Crippen LogP contribution in [0.15, 0.2) is 82.3 Å². The summed E-state index contributed by atoms with van der Waals surface area (Å²) in [6, 6.07) is 5.25. The first-order chi connectivity index (χ1) is 22.5. The summed E-state index contributed by atoms with van der Waals surface area (Å²) < 4.78 is 137. The summed E-state index contributed by atoms with van der Waals surface area (Å²) in [6.07, 6.45) is -1.41. The fourth-order valence-corrected chi connectivity index (χ4v) is 7.46. The van der Waals surface area contributed by atoms with Gasteiger partial charge in [-0.15, -0.1) is 10.2 Å². The monoisotopic (exact) mass is 779 g/mol. The maximum absolute atomic E-state index is 12.4. The van der Waals surface area contributed by atoms with E-state index in [-0.39, 0.29) is 11.3 Å². The van der Waals surface area contributed by atoms with E-state index in [1.54, 1.807) is 0 Å². The molecule has 1 aliphatic rings. The number of hydrogen-bond donors (Lipinski definition) is 9. The lowest BCUT2D eigenvalue weighted by atomic mass is 10.1. The van der Waals surface area contributed by atoms with Gasteiger partial charge in [-0.05, 0) is 47.3 Å². The van der Waals surface area contributed by atoms with Gasteiger partial charge in [-0.25, -0.2) is 9.98 Å². The second kappa shape index (κ2) is 12.0. The van der Waals surface area contributed by atoms with Gasteiger partial charge in [0.2, 0.25) is 11.6 Å². The highest BCUT2D eigenvalue weighted by molar-refractivity contribution is 7.87. The molecule has 5 rings (SSSR count). The second-order valence-corrected chi connectivity index (χ2v) is 15.7. The van der Waals surface area contributed by atoms with Crippen LogP contribution in [0.4, 0.5) is 17.1 Å². The number of aliphatic imine (C=N–C) groups is 2. The van der Waals surface area contributed by atoms with E-state index in [2.05, 4.69) is 30.8 Å². The Morgan fingerprint density at radius 1 is 0.755 bits per heavy atom. The van der Waals surface area contributed by atoms with Gasteiger partial charge in [0, 0.05) is 16.2 Å². The molecule has 0 spiro atoms. The fraction of sp³-hybridized carbons (Fsp3) is 0.0435. The van der Waals surface area contributed by atoms with Crippen molar-refractivity contribution in [1.29, 1.82) is 0 Å². The minimum Gasteiger partial charge on any atom is -0.505 e. The normalized spacial score (nSPS) is 16.1. The highest BCUT2D eigenvalue weighted by Crippen LogP contribution is 2.47. The lowest BCUT2D eigenvalue weighted by molar-refractivity contribution is 0.471. The average Bonchev–Trinajstić information content (AvgIpc) is 2.94. The number of azo groups is 1. The number of aromatic hydroxyl groups is 2. The van der Waals surface area contributed by atoms with E-state index >= 15 is 0 Å². The first-order valence-electron chi connectivity index (χ1n) is 12.5. The van der Waals surface area contributed by atoms with E-state index in [4.69, 9.17) is 17.3 Å². The number of fused-ring (bicyclic) bond motifs is 2. The smallest absolute Gasteiger partial charge is 0.296 e. The van der Waals surface area contributed by atoms with E-state index in [0.29, 0.717) is 18.2 Å². The topological polar surface area (TPSA) is 357 Å². The van der Waals surface area contributed by atoms with Crippen molar-refractivity contribution in [3.63, 3.8) is 0 Å². The third-order valence-corrected chi connectivity index (χ3v) is 10.2. The van der Waals surface area contributed by atoms with E-state index in [1.807, 2.05) is 0 Å². The van der Waals surface area contributed by atoms with Crippen molar-refractivity contribution in [3.8, 4) is 11.5 Å². The number of nitrogens with one attached hydrogen (secondary N) is 2. The number of hydrogen-bond acceptors (Lipinski definition) is 17. The zero-order valence-electron chi connectivity index (χ0n) is 23.4. The summed E-state index contributed by atoms with van der Waals surface area (Å²) >= 11 is 5.85. The van der Waals surface area contributed by atoms with Crippen LogP contribution in [-0.4, -0.2) is 79.6 Å². The molecule has 0 saturated carbocycles. The van der Waals surface area contributed by atoms with Crippen LogP contribution in [0.3, 0.4) is 0 Å². The molecule has 1 unspecified atom stereocenters. The third kappa shape index (κ3) is 7.05. The van der Waals surface area contributed by atoms with Crippen molar-refractivity contribution >= 4 is 102 Å². The van der Waals surface area contributed by atoms with Gasteiger partial charge in [0.1, 0.15) is 26.1 Å². The number of nitrogens with two attached hydrogens (primary N) is 1. The molecule has 0 aliphatic carbocycles. The molecule has 0 aromatic heterocycles. The van der Waals surface area contributed by atoms with Crippen molar-refractivity contribution in [2.24, 2.45) is 25.9 Å². The zero-order valence-corrected chi connectivity index (χ0v) is 27.5. The summed E-state index contributed by atoms with van der Waals surface area (Å²) in [4.78, 5) is 3.54. The van der Waals surface area contributed by atoms with Crippen molar-refractivity contribution in [2.75, 3.05) is 5.32 Å². The summed E-state index contributed by atoms with van der Waals surface area (Å²) in [5.74, 6) is -2.60. The number of amidine groups is 1. The average molecular weight is 780 g/mol. The molecule has 0 radical (unpaired) electrons. The molecule has 0 fully saturated rings. The largest absolute Gasteiger partial charge is 0.505 e. The maximum Gasteiger partial charge on any atom is 0.296 e. The van der Waals surface area contributed by atoms with Gasteiger partial charge >= 0.3 is 0 Å². The van der Waals surface area contributed by atoms with E-state index in [0.717, 1.165) is 24.3 Å². The highest BCUT2D eigenvalue weighted by atomic mass is 35.5. The molecule has 10 N–H and O–H groups in total. The lowest BCUT2D eigenvalue weighted by Crippen LogP contribution is -2.40. The van der Waals surface area contributed by atoms with Gasteiger partial charge in [0.25, 0.3) is 40.5 Å². The number of nitrogens with zero attached hydrogens (tertiary/aromatic N) is 4. The Bertz CT molecular complexity index is 2650. The molecule has 0 saturated heterocycles. The second-order valence-electron chi connectivity index (χ2n) is 9.74. The van der Waals surface area contributed by atoms with Crippen LogP contribution in [0, 0.1) is 0 Å². The molecule has 0 bridgehead atoms. The molecular formula is C23H18ClN7O14S4. The predicted molar refractivity (Wildman–Crippen MR) is 170 cm³/mol. The number of phenolic OH excluding ortho intramolecular Hbond substituents is 2. The molecule has 4 aromatic carbocycles. The van der Waals surface area contributed by atoms with Gasteiger partial charge in [0.05, 0.1) is 10.6 Å². The maximum atomic E-state index is 12.4. The lowest BCUT2D eigenvalue weighted by Gasteiger charge is -2.20. The summed E-state index contributed by atoms with van der Waals surface area (Å²) in [5.41, 5.74) is 3.09. The third-order valence-electron chi connectivity index (χ3n) is 6.56. The Kier molecular flexibility index (Phi) is 8.71. The van der Waals surface area contributed by atoms with Crippen LogP contribution < -0.4 is 16.4 Å². The van der Waals surface area contributed by atoms with Crippen LogP contribution in [0.5, 0.6) is 11.5 Å². The quantitative estimate of drug-likeness (QED) is 0.0701. The standard InChI is InChI=1S/C23H18ClN7O14S4/c24-21-27-22(25)29-23(28-21)26-11-6-9(46(34,35)36)4-8-5-15(49(43,44)45)18(20(33)16(8)11)31-30-12-7-14(48(40,41)42)10-2-1-3-13(47(37,38)39)17(10)19(12)32/h1-7,23,26,32-33H,(H,34,35,36)(H,37,38,39)(H,40,41,42)(H,43,44,45)(H3,25,27,28,29). The molecule has 1 atom stereocenters. The molecule has 4 aromatic rings. The predicted octanol–water partition coefficient (Wildman–Crippen LogP) is 2.01. The number of phenols is 2. The van der Waals surface area contributed by atoms with Crippen LogP contribution in [0.1, 0.15) is 0 Å². The van der Waals surface area contributed by atoms with E-state index < -0.39 is 116 Å². The van der Waals surface area contributed by atoms with E-state index in [1.165, 1.54) is 0 Å². The Labute approximate surface area is 279 Å².